The number of benzene rings is 3. The molecule has 0 atom stereocenters. The predicted molar refractivity (Wildman–Crippen MR) is 161 cm³/mol. The molecule has 1 N–H and O–H groups in total. The first-order chi connectivity index (χ1) is 21.7. The highest BCUT2D eigenvalue weighted by molar-refractivity contribution is 6.01. The van der Waals surface area contributed by atoms with Gasteiger partial charge in [-0.15, -0.1) is 10.2 Å². The molecular weight excluding hydrogens is 586 g/mol. The van der Waals surface area contributed by atoms with Gasteiger partial charge in [0.2, 0.25) is 0 Å². The Morgan fingerprint density at radius 2 is 1.56 bits per heavy atom. The van der Waals surface area contributed by atoms with Crippen molar-refractivity contribution in [3.8, 4) is 5.75 Å². The summed E-state index contributed by atoms with van der Waals surface area (Å²) in [5.41, 5.74) is 2.91. The lowest BCUT2D eigenvalue weighted by Crippen LogP contribution is -2.32. The monoisotopic (exact) mass is 617 g/mol. The number of rotatable bonds is 14. The number of non-ortho nitro benzene ring substituents is 1. The van der Waals surface area contributed by atoms with Gasteiger partial charge in [0.05, 0.1) is 35.7 Å². The maximum atomic E-state index is 12.1. The molecule has 234 valence electrons. The number of imide groups is 1. The fourth-order valence-corrected chi connectivity index (χ4v) is 4.35. The fraction of sp³-hybridized carbons (Fsp3) is 0.300. The first kappa shape index (κ1) is 32.3. The number of azo groups is 2. The number of nitro benzene ring substituents is 1. The summed E-state index contributed by atoms with van der Waals surface area (Å²) in [5.74, 6) is -1.30. The summed E-state index contributed by atoms with van der Waals surface area (Å²) in [6.07, 6.45) is 0.611. The minimum Gasteiger partial charge on any atom is -0.494 e. The Kier molecular flexibility index (Phi) is 11.0. The first-order valence-electron chi connectivity index (χ1n) is 14.0. The molecule has 0 aromatic heterocycles. The first-order valence-corrected chi connectivity index (χ1v) is 14.0. The van der Waals surface area contributed by atoms with Gasteiger partial charge >= 0.3 is 5.97 Å². The largest absolute Gasteiger partial charge is 0.494 e. The molecule has 1 aliphatic heterocycles. The number of methoxy groups -OCH3 is 1. The summed E-state index contributed by atoms with van der Waals surface area (Å²) < 4.78 is 5.45. The van der Waals surface area contributed by atoms with Crippen LogP contribution in [0.25, 0.3) is 0 Å². The van der Waals surface area contributed by atoms with E-state index >= 15 is 0 Å². The second kappa shape index (κ2) is 15.2. The lowest BCUT2D eigenvalue weighted by atomic mass is 10.1. The molecule has 0 radical (unpaired) electrons. The zero-order chi connectivity index (χ0) is 32.3. The van der Waals surface area contributed by atoms with E-state index in [0.717, 1.165) is 5.69 Å². The van der Waals surface area contributed by atoms with Crippen molar-refractivity contribution in [3.05, 3.63) is 76.3 Å². The van der Waals surface area contributed by atoms with E-state index < -0.39 is 22.7 Å². The number of nitro groups is 1. The van der Waals surface area contributed by atoms with Gasteiger partial charge in [-0.25, -0.2) is 4.79 Å². The molecule has 0 saturated carbocycles. The van der Waals surface area contributed by atoms with Crippen molar-refractivity contribution in [2.24, 2.45) is 20.5 Å². The fourth-order valence-electron chi connectivity index (χ4n) is 4.35. The Labute approximate surface area is 257 Å². The molecule has 2 amide bonds. The average Bonchev–Trinajstić information content (AvgIpc) is 3.37. The van der Waals surface area contributed by atoms with E-state index in [2.05, 4.69) is 25.4 Å². The van der Waals surface area contributed by atoms with Crippen LogP contribution in [0.5, 0.6) is 5.75 Å². The highest BCUT2D eigenvalue weighted by atomic mass is 16.7. The zero-order valence-electron chi connectivity index (χ0n) is 24.7. The normalized spacial score (nSPS) is 13.2. The Bertz CT molecular complexity index is 1590. The standard InChI is InChI=1S/C30H31N7O8/c1-3-35(16-4-5-30(41)45-36-28(39)14-15-29(36)40)23-10-6-21(7-11-23)32-34-26-17-20(19-38)25(18-27(26)44-2)33-31-22-8-12-24(13-9-22)37(42)43/h6-13,17-18,38H,3-5,14-16,19H2,1-2H3. The van der Waals surface area contributed by atoms with E-state index in [-0.39, 0.29) is 31.6 Å². The van der Waals surface area contributed by atoms with Gasteiger partial charge in [0, 0.05) is 61.8 Å². The van der Waals surface area contributed by atoms with Crippen molar-refractivity contribution in [3.63, 3.8) is 0 Å². The molecule has 0 spiro atoms. The van der Waals surface area contributed by atoms with E-state index in [1.54, 1.807) is 24.3 Å². The van der Waals surface area contributed by atoms with Crippen molar-refractivity contribution < 1.29 is 34.0 Å². The second-order valence-electron chi connectivity index (χ2n) is 9.73. The number of hydroxylamine groups is 2. The predicted octanol–water partition coefficient (Wildman–Crippen LogP) is 6.14. The van der Waals surface area contributed by atoms with Crippen LogP contribution in [0.4, 0.5) is 34.1 Å². The van der Waals surface area contributed by atoms with Crippen molar-refractivity contribution in [1.29, 1.82) is 0 Å². The summed E-state index contributed by atoms with van der Waals surface area (Å²) in [6, 6.07) is 16.0. The SMILES string of the molecule is CCN(CCCC(=O)ON1C(=O)CCC1=O)c1ccc(N=Nc2cc(CO)c(N=Nc3ccc([N+](=O)[O-])cc3)cc2OC)cc1. The maximum Gasteiger partial charge on any atom is 0.333 e. The van der Waals surface area contributed by atoms with E-state index in [9.17, 15) is 29.6 Å². The maximum absolute atomic E-state index is 12.1. The number of hydrogen-bond acceptors (Lipinski definition) is 13. The molecule has 1 heterocycles. The van der Waals surface area contributed by atoms with Gasteiger partial charge in [0.15, 0.2) is 0 Å². The van der Waals surface area contributed by atoms with Gasteiger partial charge < -0.3 is 19.6 Å². The molecule has 3 aromatic carbocycles. The molecule has 15 heteroatoms. The number of nitrogens with zero attached hydrogens (tertiary/aromatic N) is 7. The number of aliphatic hydroxyl groups is 1. The second-order valence-corrected chi connectivity index (χ2v) is 9.73. The molecule has 1 saturated heterocycles. The third kappa shape index (κ3) is 8.51. The van der Waals surface area contributed by atoms with E-state index in [0.29, 0.717) is 58.6 Å². The molecule has 0 aliphatic carbocycles. The molecule has 0 bridgehead atoms. The minimum atomic E-state index is -0.634. The summed E-state index contributed by atoms with van der Waals surface area (Å²) in [4.78, 5) is 52.7. The molecule has 45 heavy (non-hydrogen) atoms. The van der Waals surface area contributed by atoms with Crippen LogP contribution in [0.2, 0.25) is 0 Å². The smallest absolute Gasteiger partial charge is 0.333 e. The Hall–Kier alpha value is -5.57. The van der Waals surface area contributed by atoms with E-state index in [1.807, 2.05) is 19.1 Å². The quantitative estimate of drug-likeness (QED) is 0.0958. The number of carbonyl (C=O) groups is 3. The van der Waals surface area contributed by atoms with Crippen LogP contribution in [-0.4, -0.2) is 53.1 Å². The Morgan fingerprint density at radius 1 is 0.956 bits per heavy atom. The van der Waals surface area contributed by atoms with Crippen LogP contribution < -0.4 is 9.64 Å². The van der Waals surface area contributed by atoms with Crippen LogP contribution >= 0.6 is 0 Å². The Balaban J connectivity index is 1.38. The summed E-state index contributed by atoms with van der Waals surface area (Å²) >= 11 is 0. The topological polar surface area (TPSA) is 189 Å². The van der Waals surface area contributed by atoms with Crippen molar-refractivity contribution >= 4 is 51.9 Å². The van der Waals surface area contributed by atoms with Crippen molar-refractivity contribution in [2.45, 2.75) is 39.2 Å². The molecule has 15 nitrogen and oxygen atoms in total. The van der Waals surface area contributed by atoms with Gasteiger partial charge in [-0.2, -0.15) is 15.3 Å². The van der Waals surface area contributed by atoms with Crippen LogP contribution in [-0.2, 0) is 25.8 Å². The zero-order valence-corrected chi connectivity index (χ0v) is 24.7. The van der Waals surface area contributed by atoms with Crippen LogP contribution in [0, 0.1) is 10.1 Å². The summed E-state index contributed by atoms with van der Waals surface area (Å²) in [7, 11) is 1.46. The van der Waals surface area contributed by atoms with Crippen LogP contribution in [0.1, 0.15) is 38.2 Å². The number of anilines is 1. The van der Waals surface area contributed by atoms with Gasteiger partial charge in [0.1, 0.15) is 11.4 Å². The van der Waals surface area contributed by atoms with E-state index in [4.69, 9.17) is 9.57 Å². The molecule has 4 rings (SSSR count). The summed E-state index contributed by atoms with van der Waals surface area (Å²) in [6.45, 7) is 2.85. The number of aliphatic hydroxyl groups excluding tert-OH is 1. The van der Waals surface area contributed by atoms with Crippen LogP contribution in [0.15, 0.2) is 81.1 Å². The highest BCUT2D eigenvalue weighted by Gasteiger charge is 2.32. The third-order valence-electron chi connectivity index (χ3n) is 6.76. The highest BCUT2D eigenvalue weighted by Crippen LogP contribution is 2.37. The number of carbonyl (C=O) groups excluding carboxylic acids is 3. The molecule has 1 fully saturated rings. The average molecular weight is 618 g/mol. The van der Waals surface area contributed by atoms with Gasteiger partial charge in [-0.05, 0) is 55.8 Å². The third-order valence-corrected chi connectivity index (χ3v) is 6.76. The molecule has 0 unspecified atom stereocenters. The lowest BCUT2D eigenvalue weighted by Gasteiger charge is -2.23. The molecular formula is C30H31N7O8. The Morgan fingerprint density at radius 3 is 2.11 bits per heavy atom. The number of ether oxygens (including phenoxy) is 1. The number of hydrogen-bond donors (Lipinski definition) is 1. The van der Waals surface area contributed by atoms with Crippen molar-refractivity contribution in [1.82, 2.24) is 5.06 Å². The molecule has 1 aliphatic rings. The van der Waals surface area contributed by atoms with E-state index in [1.165, 1.54) is 31.4 Å². The van der Waals surface area contributed by atoms with Crippen molar-refractivity contribution in [2.75, 3.05) is 25.1 Å². The van der Waals surface area contributed by atoms with Gasteiger partial charge in [0.25, 0.3) is 17.5 Å². The minimum absolute atomic E-state index is 0.0503. The molecule has 3 aromatic rings. The van der Waals surface area contributed by atoms with Gasteiger partial charge in [-0.1, -0.05) is 0 Å². The lowest BCUT2D eigenvalue weighted by molar-refractivity contribution is -0.384. The number of amides is 2. The van der Waals surface area contributed by atoms with Gasteiger partial charge in [-0.3, -0.25) is 19.7 Å². The van der Waals surface area contributed by atoms with Crippen LogP contribution in [0.3, 0.4) is 0 Å². The summed E-state index contributed by atoms with van der Waals surface area (Å²) in [5, 5.41) is 38.2.